The third kappa shape index (κ3) is 0.661. The van der Waals surface area contributed by atoms with Gasteiger partial charge in [-0.1, -0.05) is 18.2 Å². The van der Waals surface area contributed by atoms with Crippen LogP contribution in [0.25, 0.3) is 0 Å². The predicted octanol–water partition coefficient (Wildman–Crippen LogP) is 0.317. The largest absolute Gasteiger partial charge is 0.258 e. The highest BCUT2D eigenvalue weighted by Gasteiger charge is 2.53. The summed E-state index contributed by atoms with van der Waals surface area (Å²) in [6, 6.07) is 0. The summed E-state index contributed by atoms with van der Waals surface area (Å²) in [6.45, 7) is 0. The van der Waals surface area contributed by atoms with Gasteiger partial charge in [-0.15, -0.1) is 0 Å². The van der Waals surface area contributed by atoms with Gasteiger partial charge in [0.1, 0.15) is 0 Å². The molecule has 0 amide bonds. The first-order valence-electron chi connectivity index (χ1n) is 3.94. The van der Waals surface area contributed by atoms with E-state index in [-0.39, 0.29) is 15.7 Å². The van der Waals surface area contributed by atoms with Crippen LogP contribution in [0.2, 0.25) is 0 Å². The molecule has 2 bridgehead atoms. The Morgan fingerprint density at radius 3 is 2.50 bits per heavy atom. The Kier molecular flexibility index (Phi) is 1.31. The van der Waals surface area contributed by atoms with E-state index in [1.54, 1.807) is 5.41 Å². The topological polar surface area (TPSA) is 34.1 Å². The molecule has 12 heavy (non-hydrogen) atoms. The first-order chi connectivity index (χ1) is 5.79. The van der Waals surface area contributed by atoms with Crippen LogP contribution in [0.5, 0.6) is 0 Å². The quantitative estimate of drug-likeness (QED) is 0.528. The summed E-state index contributed by atoms with van der Waals surface area (Å²) in [6.07, 6.45) is 5.98. The number of hydrogen-bond acceptors (Lipinski definition) is 2. The summed E-state index contributed by atoms with van der Waals surface area (Å²) in [4.78, 5) is 0. The smallest absolute Gasteiger partial charge is 0.0687 e. The molecule has 1 saturated heterocycles. The minimum atomic E-state index is -0.873. The Morgan fingerprint density at radius 1 is 1.00 bits per heavy atom. The molecular weight excluding hydrogens is 192 g/mol. The molecule has 0 aromatic carbocycles. The maximum absolute atomic E-state index is 11.6. The van der Waals surface area contributed by atoms with E-state index < -0.39 is 21.6 Å². The van der Waals surface area contributed by atoms with Crippen molar-refractivity contribution in [2.24, 2.45) is 5.92 Å². The highest BCUT2D eigenvalue weighted by molar-refractivity contribution is 7.93. The van der Waals surface area contributed by atoms with Gasteiger partial charge >= 0.3 is 0 Å². The van der Waals surface area contributed by atoms with Crippen molar-refractivity contribution in [1.82, 2.24) is 0 Å². The van der Waals surface area contributed by atoms with Gasteiger partial charge in [0.25, 0.3) is 0 Å². The lowest BCUT2D eigenvalue weighted by molar-refractivity contribution is 0.632. The summed E-state index contributed by atoms with van der Waals surface area (Å²) in [5.41, 5.74) is 0. The van der Waals surface area contributed by atoms with E-state index >= 15 is 0 Å². The maximum atomic E-state index is 11.6. The molecule has 0 saturated carbocycles. The van der Waals surface area contributed by atoms with Gasteiger partial charge < -0.3 is 0 Å². The zero-order valence-corrected chi connectivity index (χ0v) is 7.88. The second kappa shape index (κ2) is 2.17. The number of allylic oxidation sites excluding steroid dienone is 1. The Morgan fingerprint density at radius 2 is 1.75 bits per heavy atom. The lowest BCUT2D eigenvalue weighted by Gasteiger charge is -2.15. The van der Waals surface area contributed by atoms with Crippen molar-refractivity contribution in [3.05, 3.63) is 23.6 Å². The zero-order valence-electron chi connectivity index (χ0n) is 6.25. The first-order valence-corrected chi connectivity index (χ1v) is 6.50. The van der Waals surface area contributed by atoms with Gasteiger partial charge in [-0.2, -0.15) is 0 Å². The average Bonchev–Trinajstić information content (AvgIpc) is 2.66. The Balaban J connectivity index is 2.13. The van der Waals surface area contributed by atoms with E-state index in [1.807, 2.05) is 18.2 Å². The van der Waals surface area contributed by atoms with Crippen LogP contribution in [0.3, 0.4) is 0 Å². The minimum Gasteiger partial charge on any atom is -0.258 e. The molecule has 3 rings (SSSR count). The SMILES string of the molecule is O=S1[C@@H]2C=C[C@H]1[C@@H]1[C@H]2C=C[S@]1=O. The fourth-order valence-electron chi connectivity index (χ4n) is 2.25. The summed E-state index contributed by atoms with van der Waals surface area (Å²) < 4.78 is 23.1. The molecular formula is C8H8O2S2. The molecule has 0 spiro atoms. The Labute approximate surface area is 75.6 Å². The van der Waals surface area contributed by atoms with Crippen LogP contribution >= 0.6 is 0 Å². The van der Waals surface area contributed by atoms with Crippen LogP contribution in [0.4, 0.5) is 0 Å². The van der Waals surface area contributed by atoms with Crippen molar-refractivity contribution in [1.29, 1.82) is 0 Å². The standard InChI is InChI=1S/C8H8O2S2/c9-11-4-3-5-6-1-2-7(8(5)11)12(6)10/h1-8H/t5-,6+,7-,8-,11+,12?/m0/s1. The van der Waals surface area contributed by atoms with Gasteiger partial charge in [-0.05, 0) is 5.41 Å². The summed E-state index contributed by atoms with van der Waals surface area (Å²) in [5.74, 6) is 0.293. The molecule has 6 atom stereocenters. The zero-order chi connectivity index (χ0) is 8.29. The molecule has 64 valence electrons. The fourth-order valence-corrected chi connectivity index (χ4v) is 6.32. The van der Waals surface area contributed by atoms with Crippen molar-refractivity contribution < 1.29 is 8.42 Å². The van der Waals surface area contributed by atoms with Crippen LogP contribution in [0.1, 0.15) is 0 Å². The first kappa shape index (κ1) is 7.21. The second-order valence-electron chi connectivity index (χ2n) is 3.34. The van der Waals surface area contributed by atoms with Gasteiger partial charge in [0.05, 0.1) is 26.5 Å². The van der Waals surface area contributed by atoms with Crippen LogP contribution in [0, 0.1) is 5.92 Å². The van der Waals surface area contributed by atoms with E-state index in [1.165, 1.54) is 0 Å². The van der Waals surface area contributed by atoms with E-state index in [4.69, 9.17) is 0 Å². The average molecular weight is 200 g/mol. The summed E-state index contributed by atoms with van der Waals surface area (Å²) >= 11 is 0. The van der Waals surface area contributed by atoms with Gasteiger partial charge in [-0.25, -0.2) is 0 Å². The van der Waals surface area contributed by atoms with Crippen molar-refractivity contribution in [2.45, 2.75) is 15.7 Å². The predicted molar refractivity (Wildman–Crippen MR) is 49.4 cm³/mol. The van der Waals surface area contributed by atoms with Crippen LogP contribution in [0.15, 0.2) is 23.6 Å². The third-order valence-corrected chi connectivity index (χ3v) is 6.55. The highest BCUT2D eigenvalue weighted by atomic mass is 32.2. The molecule has 3 aliphatic heterocycles. The normalized spacial score (nSPS) is 59.7. The highest BCUT2D eigenvalue weighted by Crippen LogP contribution is 2.43. The van der Waals surface area contributed by atoms with Crippen LogP contribution in [-0.4, -0.2) is 24.2 Å². The summed E-state index contributed by atoms with van der Waals surface area (Å²) in [5, 5.41) is 2.11. The van der Waals surface area contributed by atoms with Crippen LogP contribution < -0.4 is 0 Å². The second-order valence-corrected chi connectivity index (χ2v) is 6.56. The minimum absolute atomic E-state index is 0.0656. The third-order valence-electron chi connectivity index (χ3n) is 2.81. The molecule has 3 heterocycles. The van der Waals surface area contributed by atoms with Gasteiger partial charge in [0.15, 0.2) is 0 Å². The van der Waals surface area contributed by atoms with E-state index in [0.29, 0.717) is 5.92 Å². The van der Waals surface area contributed by atoms with E-state index in [0.717, 1.165) is 0 Å². The number of rotatable bonds is 0. The van der Waals surface area contributed by atoms with Crippen molar-refractivity contribution in [2.75, 3.05) is 0 Å². The van der Waals surface area contributed by atoms with Gasteiger partial charge in [0, 0.05) is 16.7 Å². The molecule has 1 fully saturated rings. The lowest BCUT2D eigenvalue weighted by Crippen LogP contribution is -2.27. The van der Waals surface area contributed by atoms with E-state index in [9.17, 15) is 8.42 Å². The molecule has 0 aromatic heterocycles. The maximum Gasteiger partial charge on any atom is 0.0687 e. The van der Waals surface area contributed by atoms with Crippen molar-refractivity contribution >= 4 is 21.6 Å². The molecule has 0 aromatic rings. The summed E-state index contributed by atoms with van der Waals surface area (Å²) in [7, 11) is -1.66. The van der Waals surface area contributed by atoms with Crippen molar-refractivity contribution in [3.63, 3.8) is 0 Å². The fraction of sp³-hybridized carbons (Fsp3) is 0.500. The Bertz CT molecular complexity index is 345. The molecule has 0 aliphatic carbocycles. The monoisotopic (exact) mass is 200 g/mol. The lowest BCUT2D eigenvalue weighted by atomic mass is 9.94. The molecule has 2 nitrogen and oxygen atoms in total. The Hall–Kier alpha value is -0.220. The number of hydrogen-bond donors (Lipinski definition) is 0. The molecule has 0 radical (unpaired) electrons. The molecule has 3 aliphatic rings. The number of fused-ring (bicyclic) bond motifs is 5. The molecule has 1 unspecified atom stereocenters. The van der Waals surface area contributed by atoms with Crippen LogP contribution in [-0.2, 0) is 21.6 Å². The van der Waals surface area contributed by atoms with Gasteiger partial charge in [-0.3, -0.25) is 8.42 Å². The van der Waals surface area contributed by atoms with E-state index in [2.05, 4.69) is 0 Å². The van der Waals surface area contributed by atoms with Gasteiger partial charge in [0.2, 0.25) is 0 Å². The molecule has 4 heteroatoms. The van der Waals surface area contributed by atoms with Crippen molar-refractivity contribution in [3.8, 4) is 0 Å². The molecule has 0 N–H and O–H groups in total.